The van der Waals surface area contributed by atoms with E-state index in [1.54, 1.807) is 0 Å². The zero-order chi connectivity index (χ0) is 10.9. The highest BCUT2D eigenvalue weighted by Crippen LogP contribution is 2.33. The molecule has 1 amide bonds. The molecule has 0 aromatic carbocycles. The molecule has 86 valence electrons. The van der Waals surface area contributed by atoms with Crippen molar-refractivity contribution in [1.82, 2.24) is 4.90 Å². The van der Waals surface area contributed by atoms with Gasteiger partial charge in [-0.2, -0.15) is 11.8 Å². The van der Waals surface area contributed by atoms with Crippen LogP contribution in [0.3, 0.4) is 0 Å². The lowest BCUT2D eigenvalue weighted by Crippen LogP contribution is -2.52. The van der Waals surface area contributed by atoms with Gasteiger partial charge in [0.1, 0.15) is 0 Å². The van der Waals surface area contributed by atoms with Gasteiger partial charge >= 0.3 is 0 Å². The number of carbonyl (C=O) groups excluding carboxylic acids is 1. The fraction of sp³-hybridized carbons (Fsp3) is 0.909. The second-order valence-electron chi connectivity index (χ2n) is 4.91. The van der Waals surface area contributed by atoms with Gasteiger partial charge in [-0.1, -0.05) is 6.92 Å². The normalized spacial score (nSPS) is 29.7. The molecule has 1 saturated carbocycles. The minimum absolute atomic E-state index is 0.162. The summed E-state index contributed by atoms with van der Waals surface area (Å²) in [6.45, 7) is 4.00. The second kappa shape index (κ2) is 4.34. The highest BCUT2D eigenvalue weighted by Gasteiger charge is 2.36. The molecule has 1 unspecified atom stereocenters. The van der Waals surface area contributed by atoms with Crippen molar-refractivity contribution in [2.75, 3.05) is 18.8 Å². The fourth-order valence-corrected chi connectivity index (χ4v) is 3.28. The summed E-state index contributed by atoms with van der Waals surface area (Å²) in [5.74, 6) is 1.34. The van der Waals surface area contributed by atoms with E-state index in [1.165, 1.54) is 6.42 Å². The zero-order valence-corrected chi connectivity index (χ0v) is 10.2. The maximum atomic E-state index is 12.0. The molecule has 0 radical (unpaired) electrons. The van der Waals surface area contributed by atoms with Crippen molar-refractivity contribution in [3.63, 3.8) is 0 Å². The molecule has 2 N–H and O–H groups in total. The molecule has 3 nitrogen and oxygen atoms in total. The lowest BCUT2D eigenvalue weighted by Gasteiger charge is -2.40. The van der Waals surface area contributed by atoms with Crippen LogP contribution in [-0.2, 0) is 4.79 Å². The summed E-state index contributed by atoms with van der Waals surface area (Å²) in [5.41, 5.74) is 5.93. The van der Waals surface area contributed by atoms with E-state index in [0.717, 1.165) is 31.7 Å². The summed E-state index contributed by atoms with van der Waals surface area (Å²) >= 11 is 1.95. The Morgan fingerprint density at radius 3 is 2.87 bits per heavy atom. The lowest BCUT2D eigenvalue weighted by molar-refractivity contribution is -0.133. The number of carbonyl (C=O) groups is 1. The SMILES string of the molecule is CC1CN(C(=O)CC2(N)CCC2)CCS1. The van der Waals surface area contributed by atoms with Gasteiger partial charge in [-0.3, -0.25) is 4.79 Å². The number of nitrogens with two attached hydrogens (primary N) is 1. The number of hydrogen-bond donors (Lipinski definition) is 1. The quantitative estimate of drug-likeness (QED) is 0.773. The van der Waals surface area contributed by atoms with E-state index in [4.69, 9.17) is 5.73 Å². The van der Waals surface area contributed by atoms with Gasteiger partial charge < -0.3 is 10.6 Å². The fourth-order valence-electron chi connectivity index (χ4n) is 2.27. The van der Waals surface area contributed by atoms with Crippen LogP contribution in [0.5, 0.6) is 0 Å². The van der Waals surface area contributed by atoms with Gasteiger partial charge in [0.2, 0.25) is 5.91 Å². The average molecular weight is 228 g/mol. The molecule has 1 atom stereocenters. The first-order chi connectivity index (χ1) is 7.09. The van der Waals surface area contributed by atoms with Crippen molar-refractivity contribution < 1.29 is 4.79 Å². The molecular weight excluding hydrogens is 208 g/mol. The average Bonchev–Trinajstić information content (AvgIpc) is 2.15. The Labute approximate surface area is 95.8 Å². The minimum atomic E-state index is -0.162. The monoisotopic (exact) mass is 228 g/mol. The smallest absolute Gasteiger partial charge is 0.224 e. The molecule has 0 spiro atoms. The van der Waals surface area contributed by atoms with Crippen molar-refractivity contribution >= 4 is 17.7 Å². The molecule has 15 heavy (non-hydrogen) atoms. The van der Waals surface area contributed by atoms with Gasteiger partial charge in [-0.05, 0) is 19.3 Å². The third-order valence-electron chi connectivity index (χ3n) is 3.45. The molecule has 2 aliphatic rings. The van der Waals surface area contributed by atoms with Gasteiger partial charge in [-0.25, -0.2) is 0 Å². The molecule has 1 aliphatic heterocycles. The van der Waals surface area contributed by atoms with Crippen LogP contribution in [0, 0.1) is 0 Å². The Balaban J connectivity index is 1.84. The van der Waals surface area contributed by atoms with Gasteiger partial charge in [0, 0.05) is 36.1 Å². The highest BCUT2D eigenvalue weighted by atomic mass is 32.2. The number of nitrogens with zero attached hydrogens (tertiary/aromatic N) is 1. The summed E-state index contributed by atoms with van der Waals surface area (Å²) < 4.78 is 0. The van der Waals surface area contributed by atoms with E-state index in [9.17, 15) is 4.79 Å². The van der Waals surface area contributed by atoms with Crippen molar-refractivity contribution in [2.24, 2.45) is 5.73 Å². The first-order valence-corrected chi connectivity index (χ1v) is 6.82. The molecule has 4 heteroatoms. The van der Waals surface area contributed by atoms with Gasteiger partial charge in [0.15, 0.2) is 0 Å². The van der Waals surface area contributed by atoms with Crippen LogP contribution < -0.4 is 5.73 Å². The largest absolute Gasteiger partial charge is 0.341 e. The Hall–Kier alpha value is -0.220. The van der Waals surface area contributed by atoms with Crippen LogP contribution in [0.1, 0.15) is 32.6 Å². The van der Waals surface area contributed by atoms with Crippen molar-refractivity contribution in [3.05, 3.63) is 0 Å². The van der Waals surface area contributed by atoms with Gasteiger partial charge in [-0.15, -0.1) is 0 Å². The summed E-state index contributed by atoms with van der Waals surface area (Å²) in [6, 6.07) is 0. The third-order valence-corrected chi connectivity index (χ3v) is 4.58. The van der Waals surface area contributed by atoms with Crippen LogP contribution in [0.4, 0.5) is 0 Å². The molecule has 2 fully saturated rings. The predicted molar refractivity (Wildman–Crippen MR) is 63.9 cm³/mol. The van der Waals surface area contributed by atoms with E-state index in [2.05, 4.69) is 6.92 Å². The number of rotatable bonds is 2. The third kappa shape index (κ3) is 2.67. The Kier molecular flexibility index (Phi) is 3.26. The number of thioether (sulfide) groups is 1. The maximum absolute atomic E-state index is 12.0. The van der Waals surface area contributed by atoms with Crippen molar-refractivity contribution in [1.29, 1.82) is 0 Å². The van der Waals surface area contributed by atoms with E-state index in [-0.39, 0.29) is 11.4 Å². The topological polar surface area (TPSA) is 46.3 Å². The van der Waals surface area contributed by atoms with E-state index in [0.29, 0.717) is 11.7 Å². The first-order valence-electron chi connectivity index (χ1n) is 5.77. The summed E-state index contributed by atoms with van der Waals surface area (Å²) in [4.78, 5) is 14.0. The number of hydrogen-bond acceptors (Lipinski definition) is 3. The van der Waals surface area contributed by atoms with E-state index >= 15 is 0 Å². The van der Waals surface area contributed by atoms with Crippen LogP contribution in [-0.4, -0.2) is 40.4 Å². The summed E-state index contributed by atoms with van der Waals surface area (Å²) in [7, 11) is 0. The van der Waals surface area contributed by atoms with E-state index < -0.39 is 0 Å². The highest BCUT2D eigenvalue weighted by molar-refractivity contribution is 7.99. The molecule has 0 aromatic rings. The molecule has 0 bridgehead atoms. The van der Waals surface area contributed by atoms with Crippen LogP contribution >= 0.6 is 11.8 Å². The van der Waals surface area contributed by atoms with Crippen LogP contribution in [0.25, 0.3) is 0 Å². The maximum Gasteiger partial charge on any atom is 0.224 e. The summed E-state index contributed by atoms with van der Waals surface area (Å²) in [5, 5.41) is 0.581. The zero-order valence-electron chi connectivity index (χ0n) is 9.37. The van der Waals surface area contributed by atoms with E-state index in [1.807, 2.05) is 16.7 Å². The summed E-state index contributed by atoms with van der Waals surface area (Å²) in [6.07, 6.45) is 3.80. The van der Waals surface area contributed by atoms with Crippen LogP contribution in [0.2, 0.25) is 0 Å². The molecular formula is C11H20N2OS. The lowest BCUT2D eigenvalue weighted by atomic mass is 9.75. The molecule has 1 saturated heterocycles. The van der Waals surface area contributed by atoms with Gasteiger partial charge in [0.25, 0.3) is 0 Å². The molecule has 2 rings (SSSR count). The van der Waals surface area contributed by atoms with Crippen LogP contribution in [0.15, 0.2) is 0 Å². The van der Waals surface area contributed by atoms with Crippen molar-refractivity contribution in [2.45, 2.75) is 43.4 Å². The molecule has 0 aromatic heterocycles. The Bertz CT molecular complexity index is 253. The first kappa shape index (κ1) is 11.3. The molecule has 1 heterocycles. The minimum Gasteiger partial charge on any atom is -0.341 e. The Morgan fingerprint density at radius 1 is 1.60 bits per heavy atom. The Morgan fingerprint density at radius 2 is 2.33 bits per heavy atom. The predicted octanol–water partition coefficient (Wildman–Crippen LogP) is 1.22. The second-order valence-corrected chi connectivity index (χ2v) is 6.46. The van der Waals surface area contributed by atoms with Gasteiger partial charge in [0.05, 0.1) is 0 Å². The molecule has 1 aliphatic carbocycles. The van der Waals surface area contributed by atoms with Crippen molar-refractivity contribution in [3.8, 4) is 0 Å². The standard InChI is InChI=1S/C11H20N2OS/c1-9-8-13(5-6-15-9)10(14)7-11(12)3-2-4-11/h9H,2-8,12H2,1H3. The number of amides is 1.